The third kappa shape index (κ3) is 4.35. The minimum atomic E-state index is -3.89. The summed E-state index contributed by atoms with van der Waals surface area (Å²) in [5.41, 5.74) is 1.41. The number of anilines is 1. The monoisotopic (exact) mass is 404 g/mol. The smallest absolute Gasteiger partial charge is 0.261 e. The van der Waals surface area contributed by atoms with Crippen LogP contribution in [-0.2, 0) is 10.0 Å². The summed E-state index contributed by atoms with van der Waals surface area (Å²) in [4.78, 5) is 15.0. The number of carbonyl (C=O) groups excluding carboxylic acids is 1. The van der Waals surface area contributed by atoms with Gasteiger partial charge in [0.05, 0.1) is 4.90 Å². The van der Waals surface area contributed by atoms with E-state index < -0.39 is 15.8 Å². The summed E-state index contributed by atoms with van der Waals surface area (Å²) in [6.07, 6.45) is 3.93. The molecule has 1 heterocycles. The van der Waals surface area contributed by atoms with Crippen molar-refractivity contribution in [3.63, 3.8) is 0 Å². The number of nitrogens with one attached hydrogen (secondary N) is 1. The Morgan fingerprint density at radius 2 is 1.89 bits per heavy atom. The SMILES string of the molecule is CCC1CCCCN1C(=O)c1cc(S(=O)(=O)Nc2ccc(F)cc2)ccc1C. The van der Waals surface area contributed by atoms with Crippen molar-refractivity contribution in [2.45, 2.75) is 50.5 Å². The van der Waals surface area contributed by atoms with E-state index in [1.807, 2.05) is 11.8 Å². The Labute approximate surface area is 165 Å². The van der Waals surface area contributed by atoms with Gasteiger partial charge in [-0.2, -0.15) is 0 Å². The van der Waals surface area contributed by atoms with Crippen molar-refractivity contribution in [1.29, 1.82) is 0 Å². The molecule has 0 aromatic heterocycles. The molecule has 28 heavy (non-hydrogen) atoms. The second-order valence-corrected chi connectivity index (χ2v) is 8.83. The molecule has 0 spiro atoms. The van der Waals surface area contributed by atoms with Gasteiger partial charge >= 0.3 is 0 Å². The number of sulfonamides is 1. The number of piperidine rings is 1. The maximum atomic E-state index is 13.1. The maximum absolute atomic E-state index is 13.1. The fourth-order valence-corrected chi connectivity index (χ4v) is 4.66. The number of hydrogen-bond donors (Lipinski definition) is 1. The summed E-state index contributed by atoms with van der Waals surface area (Å²) in [7, 11) is -3.89. The zero-order chi connectivity index (χ0) is 20.3. The molecule has 1 aliphatic rings. The lowest BCUT2D eigenvalue weighted by Crippen LogP contribution is -2.43. The van der Waals surface area contributed by atoms with Gasteiger partial charge in [-0.1, -0.05) is 13.0 Å². The van der Waals surface area contributed by atoms with Crippen LogP contribution in [0.15, 0.2) is 47.4 Å². The summed E-state index contributed by atoms with van der Waals surface area (Å²) in [5, 5.41) is 0. The minimum Gasteiger partial charge on any atom is -0.336 e. The van der Waals surface area contributed by atoms with Crippen molar-refractivity contribution in [3.05, 3.63) is 59.4 Å². The molecule has 0 radical (unpaired) electrons. The first-order chi connectivity index (χ1) is 13.3. The van der Waals surface area contributed by atoms with E-state index in [1.165, 1.54) is 36.4 Å². The number of carbonyl (C=O) groups is 1. The normalized spacial score (nSPS) is 17.4. The second-order valence-electron chi connectivity index (χ2n) is 7.15. The second kappa shape index (κ2) is 8.31. The summed E-state index contributed by atoms with van der Waals surface area (Å²) in [6, 6.07) is 9.83. The van der Waals surface area contributed by atoms with Gasteiger partial charge in [0.1, 0.15) is 5.82 Å². The average molecular weight is 405 g/mol. The molecule has 2 aromatic carbocycles. The molecule has 1 fully saturated rings. The number of nitrogens with zero attached hydrogens (tertiary/aromatic N) is 1. The molecule has 1 N–H and O–H groups in total. The van der Waals surface area contributed by atoms with Crippen molar-refractivity contribution in [3.8, 4) is 0 Å². The number of hydrogen-bond acceptors (Lipinski definition) is 3. The van der Waals surface area contributed by atoms with Crippen LogP contribution in [0.3, 0.4) is 0 Å². The molecule has 5 nitrogen and oxygen atoms in total. The van der Waals surface area contributed by atoms with E-state index in [4.69, 9.17) is 0 Å². The van der Waals surface area contributed by atoms with Crippen LogP contribution in [0.4, 0.5) is 10.1 Å². The number of aryl methyl sites for hydroxylation is 1. The first kappa shape index (κ1) is 20.3. The van der Waals surface area contributed by atoms with Crippen LogP contribution in [-0.4, -0.2) is 31.8 Å². The van der Waals surface area contributed by atoms with Gasteiger partial charge in [-0.3, -0.25) is 9.52 Å². The van der Waals surface area contributed by atoms with E-state index >= 15 is 0 Å². The number of benzene rings is 2. The Bertz CT molecular complexity index is 958. The van der Waals surface area contributed by atoms with Crippen molar-refractivity contribution >= 4 is 21.6 Å². The van der Waals surface area contributed by atoms with Crippen molar-refractivity contribution in [2.24, 2.45) is 0 Å². The number of amides is 1. The zero-order valence-corrected chi connectivity index (χ0v) is 16.9. The molecule has 1 atom stereocenters. The molecule has 0 saturated carbocycles. The third-order valence-corrected chi connectivity index (χ3v) is 6.58. The predicted molar refractivity (Wildman–Crippen MR) is 107 cm³/mol. The molecule has 2 aromatic rings. The topological polar surface area (TPSA) is 66.5 Å². The highest BCUT2D eigenvalue weighted by molar-refractivity contribution is 7.92. The van der Waals surface area contributed by atoms with E-state index in [9.17, 15) is 17.6 Å². The quantitative estimate of drug-likeness (QED) is 0.806. The lowest BCUT2D eigenvalue weighted by atomic mass is 9.98. The van der Waals surface area contributed by atoms with Crippen LogP contribution >= 0.6 is 0 Å². The van der Waals surface area contributed by atoms with Crippen LogP contribution in [0.1, 0.15) is 48.5 Å². The van der Waals surface area contributed by atoms with Gasteiger partial charge in [0.25, 0.3) is 15.9 Å². The summed E-state index contributed by atoms with van der Waals surface area (Å²) >= 11 is 0. The zero-order valence-electron chi connectivity index (χ0n) is 16.1. The van der Waals surface area contributed by atoms with E-state index in [1.54, 1.807) is 6.07 Å². The number of likely N-dealkylation sites (tertiary alicyclic amines) is 1. The largest absolute Gasteiger partial charge is 0.336 e. The molecule has 7 heteroatoms. The van der Waals surface area contributed by atoms with Crippen molar-refractivity contribution in [2.75, 3.05) is 11.3 Å². The predicted octanol–water partition coefficient (Wildman–Crippen LogP) is 4.34. The van der Waals surface area contributed by atoms with E-state index in [0.717, 1.165) is 31.2 Å². The molecule has 3 rings (SSSR count). The van der Waals surface area contributed by atoms with Crippen LogP contribution < -0.4 is 4.72 Å². The minimum absolute atomic E-state index is 0.0100. The average Bonchev–Trinajstić information content (AvgIpc) is 2.69. The molecule has 1 amide bonds. The summed E-state index contributed by atoms with van der Waals surface area (Å²) in [6.45, 7) is 4.57. The summed E-state index contributed by atoms with van der Waals surface area (Å²) < 4.78 is 41.0. The van der Waals surface area contributed by atoms with Crippen molar-refractivity contribution < 1.29 is 17.6 Å². The Balaban J connectivity index is 1.90. The van der Waals surface area contributed by atoms with Crippen LogP contribution in [0.5, 0.6) is 0 Å². The Morgan fingerprint density at radius 1 is 1.18 bits per heavy atom. The molecular weight excluding hydrogens is 379 g/mol. The Hall–Kier alpha value is -2.41. The highest BCUT2D eigenvalue weighted by atomic mass is 32.2. The van der Waals surface area contributed by atoms with E-state index in [0.29, 0.717) is 12.1 Å². The molecule has 1 saturated heterocycles. The van der Waals surface area contributed by atoms with Gasteiger partial charge in [0, 0.05) is 23.8 Å². The highest BCUT2D eigenvalue weighted by Crippen LogP contribution is 2.25. The molecular formula is C21H25FN2O3S. The number of halogens is 1. The van der Waals surface area contributed by atoms with Crippen LogP contribution in [0.2, 0.25) is 0 Å². The Morgan fingerprint density at radius 3 is 2.57 bits per heavy atom. The standard InChI is InChI=1S/C21H25FN2O3S/c1-3-18-6-4-5-13-24(18)21(25)20-14-19(12-7-15(20)2)28(26,27)23-17-10-8-16(22)9-11-17/h7-12,14,18,23H,3-6,13H2,1-2H3. The van der Waals surface area contributed by atoms with Crippen molar-refractivity contribution in [1.82, 2.24) is 4.90 Å². The third-order valence-electron chi connectivity index (χ3n) is 5.21. The molecule has 0 bridgehead atoms. The van der Waals surface area contributed by atoms with Gasteiger partial charge in [-0.05, 0) is 74.6 Å². The van der Waals surface area contributed by atoms with Crippen LogP contribution in [0.25, 0.3) is 0 Å². The lowest BCUT2D eigenvalue weighted by Gasteiger charge is -2.35. The highest BCUT2D eigenvalue weighted by Gasteiger charge is 2.28. The molecule has 150 valence electrons. The fourth-order valence-electron chi connectivity index (χ4n) is 3.58. The van der Waals surface area contributed by atoms with Gasteiger partial charge in [-0.15, -0.1) is 0 Å². The Kier molecular flexibility index (Phi) is 6.03. The van der Waals surface area contributed by atoms with Gasteiger partial charge < -0.3 is 4.90 Å². The molecule has 1 unspecified atom stereocenters. The maximum Gasteiger partial charge on any atom is 0.261 e. The molecule has 0 aliphatic carbocycles. The summed E-state index contributed by atoms with van der Waals surface area (Å²) in [5.74, 6) is -0.568. The fraction of sp³-hybridized carbons (Fsp3) is 0.381. The number of rotatable bonds is 5. The van der Waals surface area contributed by atoms with Gasteiger partial charge in [0.2, 0.25) is 0 Å². The first-order valence-electron chi connectivity index (χ1n) is 9.52. The first-order valence-corrected chi connectivity index (χ1v) is 11.0. The van der Waals surface area contributed by atoms with E-state index in [-0.39, 0.29) is 22.5 Å². The van der Waals surface area contributed by atoms with Gasteiger partial charge in [0.15, 0.2) is 0 Å². The van der Waals surface area contributed by atoms with E-state index in [2.05, 4.69) is 11.6 Å². The molecule has 1 aliphatic heterocycles. The van der Waals surface area contributed by atoms with Crippen LogP contribution in [0, 0.1) is 12.7 Å². The lowest BCUT2D eigenvalue weighted by molar-refractivity contribution is 0.0607. The van der Waals surface area contributed by atoms with Gasteiger partial charge in [-0.25, -0.2) is 12.8 Å².